The Kier molecular flexibility index (Phi) is 8.06. The van der Waals surface area contributed by atoms with Crippen molar-refractivity contribution in [2.24, 2.45) is 5.92 Å². The second-order valence-corrected chi connectivity index (χ2v) is 8.54. The molecule has 1 aromatic carbocycles. The lowest BCUT2D eigenvalue weighted by Gasteiger charge is -2.40. The Bertz CT molecular complexity index is 701. The van der Waals surface area contributed by atoms with Crippen molar-refractivity contribution in [2.75, 3.05) is 27.9 Å². The maximum absolute atomic E-state index is 14.0. The molecule has 1 aliphatic heterocycles. The third-order valence-electron chi connectivity index (χ3n) is 6.78. The molecule has 1 heterocycles. The van der Waals surface area contributed by atoms with E-state index >= 15 is 0 Å². The Morgan fingerprint density at radius 3 is 2.23 bits per heavy atom. The number of hydrogen-bond acceptors (Lipinski definition) is 4. The number of ether oxygens (including phenoxy) is 3. The molecule has 0 N–H and O–H groups in total. The molecule has 2 aliphatic rings. The van der Waals surface area contributed by atoms with Gasteiger partial charge >= 0.3 is 0 Å². The Labute approximate surface area is 181 Å². The minimum Gasteiger partial charge on any atom is -0.493 e. The van der Waals surface area contributed by atoms with E-state index in [0.29, 0.717) is 23.2 Å². The van der Waals surface area contributed by atoms with Gasteiger partial charge in [-0.2, -0.15) is 0 Å². The highest BCUT2D eigenvalue weighted by molar-refractivity contribution is 5.85. The summed E-state index contributed by atoms with van der Waals surface area (Å²) in [6, 6.07) is 4.22. The molecule has 1 saturated heterocycles. The zero-order valence-electron chi connectivity index (χ0n) is 18.8. The fraction of sp³-hybridized carbons (Fsp3) is 0.640. The summed E-state index contributed by atoms with van der Waals surface area (Å²) < 4.78 is 16.7. The SMILES string of the molecule is C=CCC1CCCCN1C(=O)C(c1cc(OC)c(OC)c(OC)c1)C1CCCCC1. The molecule has 166 valence electrons. The van der Waals surface area contributed by atoms with E-state index in [2.05, 4.69) is 11.5 Å². The van der Waals surface area contributed by atoms with Gasteiger partial charge in [0.2, 0.25) is 11.7 Å². The largest absolute Gasteiger partial charge is 0.493 e. The summed E-state index contributed by atoms with van der Waals surface area (Å²) in [7, 11) is 4.87. The second-order valence-electron chi connectivity index (χ2n) is 8.54. The molecule has 3 rings (SSSR count). The van der Waals surface area contributed by atoms with Gasteiger partial charge in [-0.05, 0) is 62.1 Å². The van der Waals surface area contributed by atoms with Crippen LogP contribution in [0.5, 0.6) is 17.2 Å². The number of benzene rings is 1. The molecule has 1 saturated carbocycles. The van der Waals surface area contributed by atoms with Crippen LogP contribution in [0.4, 0.5) is 0 Å². The second kappa shape index (κ2) is 10.7. The van der Waals surface area contributed by atoms with Crippen molar-refractivity contribution in [3.63, 3.8) is 0 Å². The summed E-state index contributed by atoms with van der Waals surface area (Å²) >= 11 is 0. The molecule has 0 bridgehead atoms. The van der Waals surface area contributed by atoms with E-state index in [4.69, 9.17) is 14.2 Å². The Morgan fingerprint density at radius 2 is 1.67 bits per heavy atom. The average molecular weight is 416 g/mol. The molecule has 1 amide bonds. The van der Waals surface area contributed by atoms with E-state index in [9.17, 15) is 4.79 Å². The first-order valence-corrected chi connectivity index (χ1v) is 11.4. The first-order valence-electron chi connectivity index (χ1n) is 11.4. The standard InChI is InChI=1S/C25H37NO4/c1-5-11-20-14-9-10-15-26(20)25(27)23(18-12-7-6-8-13-18)19-16-21(28-2)24(30-4)22(17-19)29-3/h5,16-18,20,23H,1,6-15H2,2-4H3. The summed E-state index contributed by atoms with van der Waals surface area (Å²) in [6.07, 6.45) is 11.9. The number of amides is 1. The van der Waals surface area contributed by atoms with Crippen LogP contribution in [0.15, 0.2) is 24.8 Å². The smallest absolute Gasteiger partial charge is 0.230 e. The van der Waals surface area contributed by atoms with Crippen molar-refractivity contribution in [1.82, 2.24) is 4.90 Å². The van der Waals surface area contributed by atoms with Crippen molar-refractivity contribution < 1.29 is 19.0 Å². The lowest BCUT2D eigenvalue weighted by atomic mass is 9.75. The van der Waals surface area contributed by atoms with Crippen molar-refractivity contribution in [2.45, 2.75) is 69.7 Å². The zero-order chi connectivity index (χ0) is 21.5. The Hall–Kier alpha value is -2.17. The lowest BCUT2D eigenvalue weighted by molar-refractivity contribution is -0.138. The van der Waals surface area contributed by atoms with Gasteiger partial charge in [0.15, 0.2) is 11.5 Å². The molecular weight excluding hydrogens is 378 g/mol. The monoisotopic (exact) mass is 415 g/mol. The molecule has 1 aliphatic carbocycles. The average Bonchev–Trinajstić information content (AvgIpc) is 2.79. The molecule has 2 unspecified atom stereocenters. The zero-order valence-corrected chi connectivity index (χ0v) is 18.8. The van der Waals surface area contributed by atoms with Gasteiger partial charge in [0.1, 0.15) is 0 Å². The molecule has 0 radical (unpaired) electrons. The highest BCUT2D eigenvalue weighted by Crippen LogP contribution is 2.45. The number of piperidine rings is 1. The Morgan fingerprint density at radius 1 is 1.03 bits per heavy atom. The highest BCUT2D eigenvalue weighted by Gasteiger charge is 2.37. The number of rotatable bonds is 8. The van der Waals surface area contributed by atoms with Crippen molar-refractivity contribution >= 4 is 5.91 Å². The third kappa shape index (κ3) is 4.76. The van der Waals surface area contributed by atoms with Crippen LogP contribution in [-0.4, -0.2) is 44.7 Å². The summed E-state index contributed by atoms with van der Waals surface area (Å²) in [6.45, 7) is 4.76. The van der Waals surface area contributed by atoms with E-state index in [1.807, 2.05) is 18.2 Å². The topological polar surface area (TPSA) is 48.0 Å². The van der Waals surface area contributed by atoms with Crippen LogP contribution in [-0.2, 0) is 4.79 Å². The molecule has 1 aromatic rings. The van der Waals surface area contributed by atoms with E-state index in [-0.39, 0.29) is 17.9 Å². The fourth-order valence-corrected chi connectivity index (χ4v) is 5.27. The van der Waals surface area contributed by atoms with E-state index < -0.39 is 0 Å². The number of carbonyl (C=O) groups is 1. The van der Waals surface area contributed by atoms with Gasteiger partial charge in [0.05, 0.1) is 27.2 Å². The molecule has 2 fully saturated rings. The maximum Gasteiger partial charge on any atom is 0.230 e. The molecule has 5 nitrogen and oxygen atoms in total. The number of carbonyl (C=O) groups excluding carboxylic acids is 1. The lowest BCUT2D eigenvalue weighted by Crippen LogP contribution is -2.47. The molecular formula is C25H37NO4. The summed E-state index contributed by atoms with van der Waals surface area (Å²) in [5.74, 6) is 2.22. The van der Waals surface area contributed by atoms with Gasteiger partial charge in [0.25, 0.3) is 0 Å². The highest BCUT2D eigenvalue weighted by atomic mass is 16.5. The van der Waals surface area contributed by atoms with Gasteiger partial charge in [-0.15, -0.1) is 6.58 Å². The van der Waals surface area contributed by atoms with Crippen LogP contribution in [0.3, 0.4) is 0 Å². The summed E-state index contributed by atoms with van der Waals surface area (Å²) in [5.41, 5.74) is 0.976. The minimum atomic E-state index is -0.176. The number of nitrogens with zero attached hydrogens (tertiary/aromatic N) is 1. The van der Waals surface area contributed by atoms with Crippen LogP contribution in [0, 0.1) is 5.92 Å². The normalized spacial score (nSPS) is 21.0. The van der Waals surface area contributed by atoms with Crippen LogP contribution >= 0.6 is 0 Å². The van der Waals surface area contributed by atoms with Crippen molar-refractivity contribution in [3.05, 3.63) is 30.4 Å². The minimum absolute atomic E-state index is 0.176. The number of hydrogen-bond donors (Lipinski definition) is 0. The van der Waals surface area contributed by atoms with Crippen LogP contribution in [0.2, 0.25) is 0 Å². The van der Waals surface area contributed by atoms with Crippen molar-refractivity contribution in [3.8, 4) is 17.2 Å². The van der Waals surface area contributed by atoms with E-state index in [1.54, 1.807) is 21.3 Å². The maximum atomic E-state index is 14.0. The summed E-state index contributed by atoms with van der Waals surface area (Å²) in [5, 5.41) is 0. The first-order chi connectivity index (χ1) is 14.6. The molecule has 2 atom stereocenters. The van der Waals surface area contributed by atoms with E-state index in [1.165, 1.54) is 25.7 Å². The van der Waals surface area contributed by atoms with Gasteiger partial charge in [-0.1, -0.05) is 25.3 Å². The predicted molar refractivity (Wildman–Crippen MR) is 120 cm³/mol. The summed E-state index contributed by atoms with van der Waals surface area (Å²) in [4.78, 5) is 16.1. The quantitative estimate of drug-likeness (QED) is 0.538. The fourth-order valence-electron chi connectivity index (χ4n) is 5.27. The molecule has 0 aromatic heterocycles. The predicted octanol–water partition coefficient (Wildman–Crippen LogP) is 5.33. The Balaban J connectivity index is 2.02. The molecule has 0 spiro atoms. The number of methoxy groups -OCH3 is 3. The van der Waals surface area contributed by atoms with Crippen LogP contribution < -0.4 is 14.2 Å². The molecule has 30 heavy (non-hydrogen) atoms. The van der Waals surface area contributed by atoms with Gasteiger partial charge in [-0.3, -0.25) is 4.79 Å². The van der Waals surface area contributed by atoms with Crippen LogP contribution in [0.25, 0.3) is 0 Å². The van der Waals surface area contributed by atoms with E-state index in [0.717, 1.165) is 44.2 Å². The third-order valence-corrected chi connectivity index (χ3v) is 6.78. The molecule has 5 heteroatoms. The van der Waals surface area contributed by atoms with Gasteiger partial charge in [0, 0.05) is 12.6 Å². The van der Waals surface area contributed by atoms with Crippen molar-refractivity contribution in [1.29, 1.82) is 0 Å². The first kappa shape index (κ1) is 22.5. The van der Waals surface area contributed by atoms with Gasteiger partial charge in [-0.25, -0.2) is 0 Å². The van der Waals surface area contributed by atoms with Crippen LogP contribution in [0.1, 0.15) is 69.3 Å². The van der Waals surface area contributed by atoms with Gasteiger partial charge < -0.3 is 19.1 Å². The number of likely N-dealkylation sites (tertiary alicyclic amines) is 1.